The van der Waals surface area contributed by atoms with E-state index in [9.17, 15) is 14.4 Å². The molecular weight excluding hydrogens is 418 g/mol. The number of allylic oxidation sites excluding steroid dienone is 1. The highest BCUT2D eigenvalue weighted by atomic mass is 35.5. The number of hydrogen-bond donors (Lipinski definition) is 2. The molecule has 8 heteroatoms. The number of anilines is 1. The molecule has 2 aliphatic rings. The van der Waals surface area contributed by atoms with Crippen molar-refractivity contribution < 1.29 is 9.53 Å². The molecule has 0 amide bonds. The smallest absolute Gasteiger partial charge is 0.330 e. The van der Waals surface area contributed by atoms with Gasteiger partial charge in [0.05, 0.1) is 30.3 Å². The van der Waals surface area contributed by atoms with Crippen LogP contribution >= 0.6 is 11.6 Å². The van der Waals surface area contributed by atoms with Crippen molar-refractivity contribution in [2.45, 2.75) is 12.5 Å². The number of aromatic amines is 1. The number of ether oxygens (including phenoxy) is 1. The maximum Gasteiger partial charge on any atom is 0.330 e. The van der Waals surface area contributed by atoms with E-state index < -0.39 is 17.2 Å². The fraction of sp³-hybridized carbons (Fsp3) is 0.174. The Hall–Kier alpha value is -3.42. The van der Waals surface area contributed by atoms with E-state index in [2.05, 4.69) is 10.3 Å². The molecule has 0 spiro atoms. The topological polar surface area (TPSA) is 93.2 Å². The lowest BCUT2D eigenvalue weighted by Crippen LogP contribution is -2.39. The van der Waals surface area contributed by atoms with Gasteiger partial charge >= 0.3 is 5.69 Å². The Bertz CT molecular complexity index is 1390. The molecule has 1 aliphatic heterocycles. The molecule has 0 fully saturated rings. The minimum atomic E-state index is -0.724. The molecule has 156 valence electrons. The zero-order chi connectivity index (χ0) is 21.7. The molecule has 1 atom stereocenters. The Morgan fingerprint density at radius 2 is 1.74 bits per heavy atom. The Labute approximate surface area is 181 Å². The number of Topliss-reactive ketones (excluding diaryl/α,β-unsaturated/α-hetero) is 1. The summed E-state index contributed by atoms with van der Waals surface area (Å²) in [5.74, 6) is -0.542. The molecule has 3 aromatic rings. The molecule has 2 heterocycles. The molecule has 7 nitrogen and oxygen atoms in total. The van der Waals surface area contributed by atoms with E-state index in [4.69, 9.17) is 16.3 Å². The van der Waals surface area contributed by atoms with Gasteiger partial charge in [0, 0.05) is 28.8 Å². The summed E-state index contributed by atoms with van der Waals surface area (Å²) in [4.78, 5) is 41.5. The second-order valence-corrected chi connectivity index (χ2v) is 7.82. The van der Waals surface area contributed by atoms with E-state index in [1.807, 2.05) is 18.2 Å². The lowest BCUT2D eigenvalue weighted by molar-refractivity contribution is 0.103. The maximum atomic E-state index is 13.4. The summed E-state index contributed by atoms with van der Waals surface area (Å²) in [5.41, 5.74) is 2.13. The maximum absolute atomic E-state index is 13.4. The van der Waals surface area contributed by atoms with E-state index in [-0.39, 0.29) is 24.5 Å². The number of nitrogens with one attached hydrogen (secondary N) is 2. The Morgan fingerprint density at radius 1 is 1.03 bits per heavy atom. The summed E-state index contributed by atoms with van der Waals surface area (Å²) in [6.07, 6.45) is 0. The van der Waals surface area contributed by atoms with Gasteiger partial charge in [-0.25, -0.2) is 4.79 Å². The molecule has 2 aromatic carbocycles. The lowest BCUT2D eigenvalue weighted by Gasteiger charge is -2.30. The minimum Gasteiger partial charge on any atom is -0.383 e. The van der Waals surface area contributed by atoms with E-state index in [1.165, 1.54) is 11.7 Å². The van der Waals surface area contributed by atoms with Crippen molar-refractivity contribution in [2.75, 3.05) is 19.0 Å². The molecule has 1 aliphatic carbocycles. The van der Waals surface area contributed by atoms with Crippen molar-refractivity contribution in [2.24, 2.45) is 0 Å². The van der Waals surface area contributed by atoms with Crippen molar-refractivity contribution in [3.8, 4) is 0 Å². The van der Waals surface area contributed by atoms with Crippen LogP contribution in [0, 0.1) is 0 Å². The van der Waals surface area contributed by atoms with Gasteiger partial charge in [-0.3, -0.25) is 19.1 Å². The first kappa shape index (κ1) is 19.5. The fourth-order valence-corrected chi connectivity index (χ4v) is 4.63. The first-order valence-corrected chi connectivity index (χ1v) is 10.2. The average molecular weight is 436 g/mol. The number of aromatic nitrogens is 2. The van der Waals surface area contributed by atoms with Gasteiger partial charge in [-0.1, -0.05) is 54.1 Å². The van der Waals surface area contributed by atoms with Crippen molar-refractivity contribution in [3.63, 3.8) is 0 Å². The Morgan fingerprint density at radius 3 is 2.48 bits per heavy atom. The van der Waals surface area contributed by atoms with Gasteiger partial charge in [-0.05, 0) is 11.6 Å². The van der Waals surface area contributed by atoms with Crippen LogP contribution in [-0.4, -0.2) is 29.1 Å². The minimum absolute atomic E-state index is 0.164. The van der Waals surface area contributed by atoms with Crippen molar-refractivity contribution in [1.29, 1.82) is 0 Å². The van der Waals surface area contributed by atoms with E-state index in [0.717, 1.165) is 5.56 Å². The number of carbonyl (C=O) groups excluding carboxylic acids is 1. The SMILES string of the molecule is COCCn1c2c(c(=O)[nH]c1=O)[C@@H](c1ccccc1Cl)C1=C(N2)c2ccccc2C1=O. The van der Waals surface area contributed by atoms with Crippen LogP contribution in [0.2, 0.25) is 5.02 Å². The summed E-state index contributed by atoms with van der Waals surface area (Å²) < 4.78 is 6.58. The van der Waals surface area contributed by atoms with Crippen LogP contribution in [0.4, 0.5) is 5.82 Å². The summed E-state index contributed by atoms with van der Waals surface area (Å²) in [7, 11) is 1.54. The monoisotopic (exact) mass is 435 g/mol. The molecule has 0 unspecified atom stereocenters. The molecule has 0 saturated carbocycles. The van der Waals surface area contributed by atoms with E-state index in [1.54, 1.807) is 30.3 Å². The molecule has 2 N–H and O–H groups in total. The highest BCUT2D eigenvalue weighted by molar-refractivity contribution is 6.32. The Kier molecular flexibility index (Phi) is 4.64. The average Bonchev–Trinajstić information content (AvgIpc) is 3.05. The van der Waals surface area contributed by atoms with Gasteiger partial charge in [0.2, 0.25) is 0 Å². The second kappa shape index (κ2) is 7.37. The number of methoxy groups -OCH3 is 1. The quantitative estimate of drug-likeness (QED) is 0.657. The second-order valence-electron chi connectivity index (χ2n) is 7.41. The highest BCUT2D eigenvalue weighted by Crippen LogP contribution is 2.48. The number of ketones is 1. The number of carbonyl (C=O) groups is 1. The largest absolute Gasteiger partial charge is 0.383 e. The van der Waals surface area contributed by atoms with Crippen LogP contribution in [0.5, 0.6) is 0 Å². The number of fused-ring (bicyclic) bond motifs is 3. The first-order valence-electron chi connectivity index (χ1n) is 9.78. The van der Waals surface area contributed by atoms with E-state index in [0.29, 0.717) is 33.2 Å². The van der Waals surface area contributed by atoms with Crippen molar-refractivity contribution >= 4 is 28.9 Å². The van der Waals surface area contributed by atoms with Crippen LogP contribution in [0.25, 0.3) is 5.70 Å². The third-order valence-electron chi connectivity index (χ3n) is 5.75. The van der Waals surface area contributed by atoms with Gasteiger partial charge in [-0.2, -0.15) is 0 Å². The predicted octanol–water partition coefficient (Wildman–Crippen LogP) is 3.00. The van der Waals surface area contributed by atoms with Crippen LogP contribution < -0.4 is 16.6 Å². The molecule has 0 bridgehead atoms. The highest BCUT2D eigenvalue weighted by Gasteiger charge is 2.43. The molecule has 0 radical (unpaired) electrons. The van der Waals surface area contributed by atoms with Crippen LogP contribution in [0.1, 0.15) is 33.0 Å². The van der Waals surface area contributed by atoms with Crippen molar-refractivity contribution in [3.05, 3.63) is 102 Å². The predicted molar refractivity (Wildman–Crippen MR) is 118 cm³/mol. The molecular formula is C23H18ClN3O4. The number of halogens is 1. The number of hydrogen-bond acceptors (Lipinski definition) is 5. The standard InChI is InChI=1S/C23H18ClN3O4/c1-31-11-10-27-21-18(22(29)26-23(27)30)16(14-8-4-5-9-15(14)24)17-19(25-21)12-6-2-3-7-13(12)20(17)28/h2-9,16,25H,10-11H2,1H3,(H,26,29,30)/t16-/m0/s1. The van der Waals surface area contributed by atoms with E-state index >= 15 is 0 Å². The van der Waals surface area contributed by atoms with Crippen LogP contribution in [0.15, 0.2) is 63.7 Å². The lowest BCUT2D eigenvalue weighted by atomic mass is 9.81. The summed E-state index contributed by atoms with van der Waals surface area (Å²) in [5, 5.41) is 3.66. The third kappa shape index (κ3) is 2.89. The normalized spacial score (nSPS) is 16.6. The van der Waals surface area contributed by atoms with Gasteiger partial charge in [0.15, 0.2) is 5.78 Å². The molecule has 0 saturated heterocycles. The molecule has 5 rings (SSSR count). The summed E-state index contributed by atoms with van der Waals surface area (Å²) in [6, 6.07) is 14.4. The van der Waals surface area contributed by atoms with Crippen LogP contribution in [0.3, 0.4) is 0 Å². The third-order valence-corrected chi connectivity index (χ3v) is 6.09. The summed E-state index contributed by atoms with van der Waals surface area (Å²) in [6.45, 7) is 0.507. The summed E-state index contributed by atoms with van der Waals surface area (Å²) >= 11 is 6.53. The fourth-order valence-electron chi connectivity index (χ4n) is 4.38. The van der Waals surface area contributed by atoms with Gasteiger partial charge < -0.3 is 10.1 Å². The van der Waals surface area contributed by atoms with Gasteiger partial charge in [-0.15, -0.1) is 0 Å². The van der Waals surface area contributed by atoms with Gasteiger partial charge in [0.25, 0.3) is 5.56 Å². The zero-order valence-corrected chi connectivity index (χ0v) is 17.3. The van der Waals surface area contributed by atoms with Crippen LogP contribution in [-0.2, 0) is 11.3 Å². The Balaban J connectivity index is 1.85. The zero-order valence-electron chi connectivity index (χ0n) is 16.6. The molecule has 31 heavy (non-hydrogen) atoms. The number of benzene rings is 2. The number of H-pyrrole nitrogens is 1. The van der Waals surface area contributed by atoms with Crippen molar-refractivity contribution in [1.82, 2.24) is 9.55 Å². The number of nitrogens with zero attached hydrogens (tertiary/aromatic N) is 1. The number of rotatable bonds is 4. The van der Waals surface area contributed by atoms with Gasteiger partial charge in [0.1, 0.15) is 5.82 Å². The first-order chi connectivity index (χ1) is 15.0. The molecule has 1 aromatic heterocycles.